The molecule has 2 aromatic heterocycles. The molecule has 0 aliphatic heterocycles. The second kappa shape index (κ2) is 20.4. The molecule has 0 saturated heterocycles. The number of aromatic nitrogens is 2. The van der Waals surface area contributed by atoms with E-state index in [-0.39, 0.29) is 22.3 Å². The average molecular weight is 1080 g/mol. The summed E-state index contributed by atoms with van der Waals surface area (Å²) >= 11 is 0. The summed E-state index contributed by atoms with van der Waals surface area (Å²) in [5.41, 5.74) is 12.5. The molecule has 0 radical (unpaired) electrons. The minimum atomic E-state index is -4.86. The van der Waals surface area contributed by atoms with Crippen LogP contribution in [-0.2, 0) is 6.18 Å². The first kappa shape index (κ1) is 51.2. The Labute approximate surface area is 479 Å². The predicted octanol–water partition coefficient (Wildman–Crippen LogP) is 18.1. The Hall–Kier alpha value is -12.3. The standard InChI is InChI=1S/C73H37F3N8/c74-73(75,76)65-32-48(42-81)16-22-59(65)57-21-27-70(83-66-23-17-53(49-10-1-6-44(28-49)38-77)33-60(66)61-34-54(18-24-67(61)83)50-11-2-7-45(29-50)39-78)64(37-57)72-58(43-82)14-5-15-71(72)84-68-25-19-55(51-12-3-8-46(30-51)40-79)35-62(68)63-36-56(20-26-69(63)84)52-13-4-9-47(31-52)41-80/h1-37H. The molecule has 0 N–H and O–H groups in total. The zero-order valence-corrected chi connectivity index (χ0v) is 44.1. The summed E-state index contributed by atoms with van der Waals surface area (Å²) in [7, 11) is 0. The summed E-state index contributed by atoms with van der Waals surface area (Å²) < 4.78 is 50.1. The minimum Gasteiger partial charge on any atom is -0.309 e. The summed E-state index contributed by atoms with van der Waals surface area (Å²) in [4.78, 5) is 0. The highest BCUT2D eigenvalue weighted by Crippen LogP contribution is 2.47. The van der Waals surface area contributed by atoms with Crippen LogP contribution in [0.2, 0.25) is 0 Å². The maximum atomic E-state index is 15.3. The van der Waals surface area contributed by atoms with Crippen LogP contribution in [0.1, 0.15) is 38.9 Å². The second-order valence-corrected chi connectivity index (χ2v) is 20.3. The highest BCUT2D eigenvalue weighted by Gasteiger charge is 2.35. The Morgan fingerprint density at radius 3 is 1.02 bits per heavy atom. The van der Waals surface area contributed by atoms with Crippen LogP contribution in [0.5, 0.6) is 0 Å². The quantitative estimate of drug-likeness (QED) is 0.148. The number of nitrogens with zero attached hydrogens (tertiary/aromatic N) is 8. The number of benzene rings is 11. The van der Waals surface area contributed by atoms with Crippen LogP contribution in [0.4, 0.5) is 13.2 Å². The molecule has 390 valence electrons. The lowest BCUT2D eigenvalue weighted by Gasteiger charge is -2.21. The van der Waals surface area contributed by atoms with Crippen LogP contribution in [0.3, 0.4) is 0 Å². The molecule has 0 aliphatic carbocycles. The van der Waals surface area contributed by atoms with Crippen molar-refractivity contribution in [2.24, 2.45) is 0 Å². The molecular formula is C73H37F3N8. The average Bonchev–Trinajstić information content (AvgIpc) is 2.02. The van der Waals surface area contributed by atoms with Crippen LogP contribution in [-0.4, -0.2) is 9.13 Å². The van der Waals surface area contributed by atoms with Crippen LogP contribution in [0, 0.1) is 68.0 Å². The molecule has 0 fully saturated rings. The lowest BCUT2D eigenvalue weighted by atomic mass is 9.90. The van der Waals surface area contributed by atoms with Gasteiger partial charge in [0.05, 0.1) is 109 Å². The fourth-order valence-corrected chi connectivity index (χ4v) is 11.7. The molecule has 84 heavy (non-hydrogen) atoms. The zero-order chi connectivity index (χ0) is 57.8. The molecule has 0 saturated carbocycles. The van der Waals surface area contributed by atoms with Crippen molar-refractivity contribution in [3.05, 3.63) is 263 Å². The third-order valence-corrected chi connectivity index (χ3v) is 15.5. The number of fused-ring (bicyclic) bond motifs is 6. The summed E-state index contributed by atoms with van der Waals surface area (Å²) in [6.45, 7) is 0. The Morgan fingerprint density at radius 1 is 0.286 bits per heavy atom. The first-order valence-corrected chi connectivity index (χ1v) is 26.5. The summed E-state index contributed by atoms with van der Waals surface area (Å²) in [6, 6.07) is 80.8. The van der Waals surface area contributed by atoms with E-state index >= 15 is 13.2 Å². The molecule has 13 aromatic rings. The first-order chi connectivity index (χ1) is 41.0. The maximum Gasteiger partial charge on any atom is 0.417 e. The van der Waals surface area contributed by atoms with E-state index in [1.165, 1.54) is 12.1 Å². The molecule has 8 nitrogen and oxygen atoms in total. The van der Waals surface area contributed by atoms with Crippen molar-refractivity contribution in [2.75, 3.05) is 0 Å². The van der Waals surface area contributed by atoms with Crippen molar-refractivity contribution in [1.82, 2.24) is 9.13 Å². The Bertz CT molecular complexity index is 5000. The van der Waals surface area contributed by atoms with Crippen molar-refractivity contribution in [3.8, 4) is 115 Å². The van der Waals surface area contributed by atoms with Crippen molar-refractivity contribution in [1.29, 1.82) is 31.6 Å². The molecule has 0 bridgehead atoms. The van der Waals surface area contributed by atoms with E-state index in [2.05, 4.69) is 63.7 Å². The van der Waals surface area contributed by atoms with Gasteiger partial charge < -0.3 is 9.13 Å². The Balaban J connectivity index is 1.14. The van der Waals surface area contributed by atoms with Crippen molar-refractivity contribution in [2.45, 2.75) is 6.18 Å². The van der Waals surface area contributed by atoms with Crippen LogP contribution >= 0.6 is 0 Å². The van der Waals surface area contributed by atoms with Gasteiger partial charge in [0.15, 0.2) is 0 Å². The van der Waals surface area contributed by atoms with Crippen molar-refractivity contribution >= 4 is 43.6 Å². The van der Waals surface area contributed by atoms with E-state index in [0.717, 1.165) is 94.2 Å². The van der Waals surface area contributed by atoms with Gasteiger partial charge >= 0.3 is 6.18 Å². The van der Waals surface area contributed by atoms with Gasteiger partial charge in [0.2, 0.25) is 0 Å². The SMILES string of the molecule is N#Cc1cccc(-c2ccc3c(c2)c2cc(-c4cccc(C#N)c4)ccc2n3-c2ccc(-c3ccc(C#N)cc3C(F)(F)F)cc2-c2c(C#N)cccc2-n2c3ccc(-c4cccc(C#N)c4)cc3c3cc(-c4cccc(C#N)c4)ccc32)c1. The van der Waals surface area contributed by atoms with Gasteiger partial charge in [0.1, 0.15) is 0 Å². The lowest BCUT2D eigenvalue weighted by Crippen LogP contribution is -2.08. The molecule has 0 spiro atoms. The third kappa shape index (κ3) is 8.78. The molecule has 0 unspecified atom stereocenters. The number of hydrogen-bond donors (Lipinski definition) is 0. The van der Waals surface area contributed by atoms with E-state index < -0.39 is 11.7 Å². The van der Waals surface area contributed by atoms with Gasteiger partial charge in [0.25, 0.3) is 0 Å². The van der Waals surface area contributed by atoms with E-state index in [1.807, 2.05) is 133 Å². The van der Waals surface area contributed by atoms with Gasteiger partial charge in [-0.3, -0.25) is 0 Å². The highest BCUT2D eigenvalue weighted by atomic mass is 19.4. The summed E-state index contributed by atoms with van der Waals surface area (Å²) in [5.74, 6) is 0. The minimum absolute atomic E-state index is 0.157. The molecule has 0 atom stereocenters. The Kier molecular flexibility index (Phi) is 12.5. The first-order valence-electron chi connectivity index (χ1n) is 26.5. The fraction of sp³-hybridized carbons (Fsp3) is 0.0137. The Morgan fingerprint density at radius 2 is 0.643 bits per heavy atom. The topological polar surface area (TPSA) is 153 Å². The van der Waals surface area contributed by atoms with E-state index in [9.17, 15) is 31.6 Å². The number of halogens is 3. The van der Waals surface area contributed by atoms with Crippen molar-refractivity contribution < 1.29 is 13.2 Å². The zero-order valence-electron chi connectivity index (χ0n) is 44.1. The largest absolute Gasteiger partial charge is 0.417 e. The summed E-state index contributed by atoms with van der Waals surface area (Å²) in [6.07, 6.45) is -4.86. The molecule has 11 aromatic carbocycles. The van der Waals surface area contributed by atoms with Gasteiger partial charge in [-0.05, 0) is 189 Å². The normalized spacial score (nSPS) is 11.2. The lowest BCUT2D eigenvalue weighted by molar-refractivity contribution is -0.137. The van der Waals surface area contributed by atoms with Crippen LogP contribution in [0.15, 0.2) is 224 Å². The molecule has 0 amide bonds. The molecular weight excluding hydrogens is 1050 g/mol. The number of rotatable bonds is 8. The van der Waals surface area contributed by atoms with E-state index in [4.69, 9.17) is 0 Å². The van der Waals surface area contributed by atoms with E-state index in [1.54, 1.807) is 54.6 Å². The highest BCUT2D eigenvalue weighted by molar-refractivity contribution is 6.14. The van der Waals surface area contributed by atoms with Crippen LogP contribution < -0.4 is 0 Å². The van der Waals surface area contributed by atoms with E-state index in [0.29, 0.717) is 44.8 Å². The molecule has 13 rings (SSSR count). The molecule has 11 heteroatoms. The second-order valence-electron chi connectivity index (χ2n) is 20.3. The third-order valence-electron chi connectivity index (χ3n) is 15.5. The predicted molar refractivity (Wildman–Crippen MR) is 321 cm³/mol. The van der Waals surface area contributed by atoms with Gasteiger partial charge in [-0.1, -0.05) is 91.0 Å². The van der Waals surface area contributed by atoms with Gasteiger partial charge in [-0.2, -0.15) is 44.7 Å². The number of alkyl halides is 3. The van der Waals surface area contributed by atoms with Crippen molar-refractivity contribution in [3.63, 3.8) is 0 Å². The molecule has 2 heterocycles. The van der Waals surface area contributed by atoms with Crippen LogP contribution in [0.25, 0.3) is 122 Å². The van der Waals surface area contributed by atoms with Gasteiger partial charge in [0, 0.05) is 32.7 Å². The fourth-order valence-electron chi connectivity index (χ4n) is 11.7. The summed E-state index contributed by atoms with van der Waals surface area (Å²) in [5, 5.41) is 64.1. The monoisotopic (exact) mass is 1080 g/mol. The number of hydrogen-bond acceptors (Lipinski definition) is 6. The number of nitriles is 6. The smallest absolute Gasteiger partial charge is 0.309 e. The van der Waals surface area contributed by atoms with Gasteiger partial charge in [-0.15, -0.1) is 0 Å². The maximum absolute atomic E-state index is 15.3. The molecule has 0 aliphatic rings. The van der Waals surface area contributed by atoms with Gasteiger partial charge in [-0.25, -0.2) is 0 Å².